The number of allylic oxidation sites excluding steroid dienone is 1. The molecule has 2 atom stereocenters. The number of hydrogen-bond donors (Lipinski definition) is 4. The summed E-state index contributed by atoms with van der Waals surface area (Å²) in [5.41, 5.74) is 0.731. The number of ketones is 1. The second kappa shape index (κ2) is 8.70. The number of aliphatic hydroxyl groups excluding tert-OH is 1. The molecule has 2 aromatic carbocycles. The third kappa shape index (κ3) is 4.98. The topological polar surface area (TPSA) is 107 Å². The highest BCUT2D eigenvalue weighted by Gasteiger charge is 2.32. The van der Waals surface area contributed by atoms with Gasteiger partial charge in [0.05, 0.1) is 17.2 Å². The first kappa shape index (κ1) is 22.2. The second-order valence-electron chi connectivity index (χ2n) is 7.97. The van der Waals surface area contributed by atoms with Gasteiger partial charge in [0.2, 0.25) is 0 Å². The van der Waals surface area contributed by atoms with Crippen molar-refractivity contribution in [1.82, 2.24) is 0 Å². The van der Waals surface area contributed by atoms with Gasteiger partial charge in [0, 0.05) is 0 Å². The van der Waals surface area contributed by atoms with Gasteiger partial charge in [-0.05, 0) is 68.7 Å². The summed E-state index contributed by atoms with van der Waals surface area (Å²) in [5, 5.41) is 40.4. The van der Waals surface area contributed by atoms with Gasteiger partial charge in [-0.25, -0.2) is 0 Å². The summed E-state index contributed by atoms with van der Waals surface area (Å²) in [7, 11) is 0. The van der Waals surface area contributed by atoms with E-state index >= 15 is 0 Å². The molecule has 0 aliphatic carbocycles. The molecule has 1 aliphatic rings. The number of aromatic hydroxyl groups is 3. The van der Waals surface area contributed by atoms with E-state index < -0.39 is 17.5 Å². The van der Waals surface area contributed by atoms with E-state index in [1.807, 2.05) is 6.92 Å². The van der Waals surface area contributed by atoms with E-state index in [9.17, 15) is 25.2 Å². The summed E-state index contributed by atoms with van der Waals surface area (Å²) in [6, 6.07) is 7.47. The minimum Gasteiger partial charge on any atom is -0.508 e. The second-order valence-corrected chi connectivity index (χ2v) is 7.97. The number of aliphatic hydroxyl groups is 1. The van der Waals surface area contributed by atoms with Crippen LogP contribution < -0.4 is 4.74 Å². The largest absolute Gasteiger partial charge is 0.508 e. The van der Waals surface area contributed by atoms with Crippen LogP contribution in [0.2, 0.25) is 0 Å². The lowest BCUT2D eigenvalue weighted by atomic mass is 9.91. The molecule has 4 N–H and O–H groups in total. The fourth-order valence-electron chi connectivity index (χ4n) is 3.29. The van der Waals surface area contributed by atoms with Crippen molar-refractivity contribution in [3.05, 3.63) is 71.3 Å². The van der Waals surface area contributed by atoms with Crippen LogP contribution in [-0.2, 0) is 0 Å². The molecular weight excluding hydrogens is 396 g/mol. The lowest BCUT2D eigenvalue weighted by Crippen LogP contribution is -2.33. The number of benzene rings is 2. The standard InChI is InChI=1S/C25H26O6/c1-15(2)20(27)11-13-25(3)12-10-18-23(30)19(14-22(29)24(18)31-25)21(28)9-6-16-4-7-17(26)8-5-16/h4-10,12,14,20,26-27,29-30H,1,11,13H2,2-3H3/b9-6+. The van der Waals surface area contributed by atoms with Crippen molar-refractivity contribution in [3.63, 3.8) is 0 Å². The average Bonchev–Trinajstić information content (AvgIpc) is 2.73. The number of rotatable bonds is 7. The number of fused-ring (bicyclic) bond motifs is 1. The number of carbonyl (C=O) groups is 1. The van der Waals surface area contributed by atoms with Crippen LogP contribution in [0.3, 0.4) is 0 Å². The molecule has 162 valence electrons. The van der Waals surface area contributed by atoms with Gasteiger partial charge < -0.3 is 25.2 Å². The normalized spacial score (nSPS) is 18.4. The molecule has 2 unspecified atom stereocenters. The highest BCUT2D eigenvalue weighted by atomic mass is 16.5. The van der Waals surface area contributed by atoms with E-state index in [4.69, 9.17) is 4.74 Å². The summed E-state index contributed by atoms with van der Waals surface area (Å²) in [4.78, 5) is 12.6. The third-order valence-electron chi connectivity index (χ3n) is 5.28. The van der Waals surface area contributed by atoms with Crippen LogP contribution in [0.5, 0.6) is 23.0 Å². The van der Waals surface area contributed by atoms with Gasteiger partial charge in [0.25, 0.3) is 0 Å². The van der Waals surface area contributed by atoms with Crippen LogP contribution in [0, 0.1) is 0 Å². The monoisotopic (exact) mass is 422 g/mol. The van der Waals surface area contributed by atoms with Crippen molar-refractivity contribution >= 4 is 17.9 Å². The van der Waals surface area contributed by atoms with E-state index in [1.165, 1.54) is 24.3 Å². The Morgan fingerprint density at radius 2 is 1.90 bits per heavy atom. The number of ether oxygens (including phenoxy) is 1. The first-order chi connectivity index (χ1) is 14.6. The summed E-state index contributed by atoms with van der Waals surface area (Å²) in [6.45, 7) is 7.30. The number of phenolic OH excluding ortho intramolecular Hbond substituents is 3. The Bertz CT molecular complexity index is 1060. The van der Waals surface area contributed by atoms with Gasteiger partial charge in [0.1, 0.15) is 17.1 Å². The maximum Gasteiger partial charge on any atom is 0.189 e. The molecule has 0 fully saturated rings. The zero-order valence-electron chi connectivity index (χ0n) is 17.5. The quantitative estimate of drug-likeness (QED) is 0.225. The Kier molecular flexibility index (Phi) is 6.22. The molecular formula is C25H26O6. The van der Waals surface area contributed by atoms with Crippen molar-refractivity contribution in [3.8, 4) is 23.0 Å². The van der Waals surface area contributed by atoms with Gasteiger partial charge in [-0.3, -0.25) is 4.79 Å². The molecule has 6 nitrogen and oxygen atoms in total. The number of hydrogen-bond acceptors (Lipinski definition) is 6. The van der Waals surface area contributed by atoms with Gasteiger partial charge in [0.15, 0.2) is 17.3 Å². The van der Waals surface area contributed by atoms with Gasteiger partial charge in [-0.2, -0.15) is 0 Å². The van der Waals surface area contributed by atoms with Crippen LogP contribution >= 0.6 is 0 Å². The van der Waals surface area contributed by atoms with E-state index in [2.05, 4.69) is 6.58 Å². The predicted octanol–water partition coefficient (Wildman–Crippen LogP) is 4.58. The van der Waals surface area contributed by atoms with E-state index in [1.54, 1.807) is 37.3 Å². The SMILES string of the molecule is C=C(C)C(O)CCC1(C)C=Cc2c(O)c(C(=O)/C=C/c3ccc(O)cc3)cc(O)c2O1. The molecule has 0 radical (unpaired) electrons. The zero-order chi connectivity index (χ0) is 22.8. The summed E-state index contributed by atoms with van der Waals surface area (Å²) in [5.74, 6) is -0.825. The molecule has 0 aromatic heterocycles. The lowest BCUT2D eigenvalue weighted by Gasteiger charge is -2.33. The fourth-order valence-corrected chi connectivity index (χ4v) is 3.29. The molecule has 0 bridgehead atoms. The fraction of sp³-hybridized carbons (Fsp3) is 0.240. The minimum atomic E-state index is -0.794. The van der Waals surface area contributed by atoms with Gasteiger partial charge in [-0.15, -0.1) is 0 Å². The third-order valence-corrected chi connectivity index (χ3v) is 5.28. The lowest BCUT2D eigenvalue weighted by molar-refractivity contribution is 0.0974. The molecule has 0 saturated heterocycles. The van der Waals surface area contributed by atoms with Gasteiger partial charge in [-0.1, -0.05) is 30.4 Å². The van der Waals surface area contributed by atoms with Crippen molar-refractivity contribution < 1.29 is 30.0 Å². The van der Waals surface area contributed by atoms with Crippen LogP contribution in [0.4, 0.5) is 0 Å². The highest BCUT2D eigenvalue weighted by Crippen LogP contribution is 2.46. The van der Waals surface area contributed by atoms with Crippen LogP contribution in [0.1, 0.15) is 48.2 Å². The number of carbonyl (C=O) groups excluding carboxylic acids is 1. The summed E-state index contributed by atoms with van der Waals surface area (Å²) < 4.78 is 5.95. The van der Waals surface area contributed by atoms with Crippen LogP contribution in [0.15, 0.2) is 54.6 Å². The smallest absolute Gasteiger partial charge is 0.189 e. The molecule has 2 aromatic rings. The predicted molar refractivity (Wildman–Crippen MR) is 119 cm³/mol. The van der Waals surface area contributed by atoms with Crippen molar-refractivity contribution in [1.29, 1.82) is 0 Å². The van der Waals surface area contributed by atoms with Gasteiger partial charge >= 0.3 is 0 Å². The Morgan fingerprint density at radius 1 is 1.23 bits per heavy atom. The molecule has 0 spiro atoms. The van der Waals surface area contributed by atoms with Crippen molar-refractivity contribution in [2.45, 2.75) is 38.4 Å². The van der Waals surface area contributed by atoms with Crippen molar-refractivity contribution in [2.75, 3.05) is 0 Å². The van der Waals surface area contributed by atoms with E-state index in [0.29, 0.717) is 24.0 Å². The molecule has 1 aliphatic heterocycles. The maximum atomic E-state index is 12.6. The Hall–Kier alpha value is -3.51. The average molecular weight is 422 g/mol. The van der Waals surface area contributed by atoms with Crippen LogP contribution in [-0.4, -0.2) is 37.9 Å². The molecule has 31 heavy (non-hydrogen) atoms. The van der Waals surface area contributed by atoms with E-state index in [-0.39, 0.29) is 34.1 Å². The minimum absolute atomic E-state index is 0.0548. The van der Waals surface area contributed by atoms with Crippen molar-refractivity contribution in [2.24, 2.45) is 0 Å². The van der Waals surface area contributed by atoms with Crippen LogP contribution in [0.25, 0.3) is 12.2 Å². The first-order valence-corrected chi connectivity index (χ1v) is 9.92. The molecule has 1 heterocycles. The first-order valence-electron chi connectivity index (χ1n) is 9.92. The van der Waals surface area contributed by atoms with E-state index in [0.717, 1.165) is 0 Å². The Balaban J connectivity index is 1.83. The Labute approximate surface area is 181 Å². The zero-order valence-corrected chi connectivity index (χ0v) is 17.5. The highest BCUT2D eigenvalue weighted by molar-refractivity contribution is 6.10. The summed E-state index contributed by atoms with van der Waals surface area (Å²) >= 11 is 0. The molecule has 0 amide bonds. The molecule has 3 rings (SSSR count). The molecule has 0 saturated carbocycles. The number of phenols is 3. The maximum absolute atomic E-state index is 12.6. The Morgan fingerprint density at radius 3 is 2.55 bits per heavy atom. The molecule has 6 heteroatoms. The summed E-state index contributed by atoms with van der Waals surface area (Å²) in [6.07, 6.45) is 6.42.